The van der Waals surface area contributed by atoms with Gasteiger partial charge in [-0.3, -0.25) is 4.79 Å². The molecular weight excluding hydrogens is 208 g/mol. The van der Waals surface area contributed by atoms with Crippen LogP contribution in [0, 0.1) is 16.7 Å². The Morgan fingerprint density at radius 1 is 1.12 bits per heavy atom. The lowest BCUT2D eigenvalue weighted by Crippen LogP contribution is -2.51. The third-order valence-electron chi connectivity index (χ3n) is 3.26. The standard InChI is InChI=1S/C12H24O4/c1-8(2)12(15,16)11(5,6)7-10(3,4)9(13)14/h8,15-16H,7H2,1-6H3,(H,13,14). The van der Waals surface area contributed by atoms with Crippen LogP contribution in [0.4, 0.5) is 0 Å². The molecule has 0 aromatic heterocycles. The minimum atomic E-state index is -1.88. The Bertz CT molecular complexity index is 264. The maximum absolute atomic E-state index is 11.0. The number of hydrogen-bond donors (Lipinski definition) is 3. The average molecular weight is 232 g/mol. The molecule has 0 aliphatic rings. The van der Waals surface area contributed by atoms with Crippen LogP contribution < -0.4 is 0 Å². The van der Waals surface area contributed by atoms with Gasteiger partial charge in [-0.05, 0) is 20.3 Å². The summed E-state index contributed by atoms with van der Waals surface area (Å²) in [6.07, 6.45) is 0.195. The molecule has 0 aliphatic heterocycles. The molecule has 0 saturated carbocycles. The molecule has 4 nitrogen and oxygen atoms in total. The zero-order valence-electron chi connectivity index (χ0n) is 11.0. The smallest absolute Gasteiger partial charge is 0.309 e. The molecule has 0 bridgehead atoms. The fourth-order valence-corrected chi connectivity index (χ4v) is 2.09. The summed E-state index contributed by atoms with van der Waals surface area (Å²) >= 11 is 0. The third-order valence-corrected chi connectivity index (χ3v) is 3.26. The van der Waals surface area contributed by atoms with E-state index in [4.69, 9.17) is 5.11 Å². The minimum absolute atomic E-state index is 0.195. The Morgan fingerprint density at radius 3 is 1.75 bits per heavy atom. The van der Waals surface area contributed by atoms with Crippen molar-refractivity contribution in [3.05, 3.63) is 0 Å². The number of carboxylic acid groups (broad SMARTS) is 1. The summed E-state index contributed by atoms with van der Waals surface area (Å²) in [6, 6.07) is 0. The van der Waals surface area contributed by atoms with E-state index in [9.17, 15) is 15.0 Å². The maximum atomic E-state index is 11.0. The number of aliphatic hydroxyl groups is 2. The van der Waals surface area contributed by atoms with Crippen LogP contribution >= 0.6 is 0 Å². The molecule has 0 aliphatic carbocycles. The Kier molecular flexibility index (Phi) is 4.17. The highest BCUT2D eigenvalue weighted by Gasteiger charge is 2.48. The van der Waals surface area contributed by atoms with Gasteiger partial charge in [0.25, 0.3) is 0 Å². The molecular formula is C12H24O4. The summed E-state index contributed by atoms with van der Waals surface area (Å²) in [5.41, 5.74) is -1.86. The van der Waals surface area contributed by atoms with Gasteiger partial charge in [0.15, 0.2) is 5.79 Å². The second-order valence-electron chi connectivity index (χ2n) is 6.13. The zero-order chi connectivity index (χ0) is 13.4. The first-order valence-corrected chi connectivity index (χ1v) is 5.53. The average Bonchev–Trinajstić information content (AvgIpc) is 2.00. The highest BCUT2D eigenvalue weighted by atomic mass is 16.5. The fourth-order valence-electron chi connectivity index (χ4n) is 2.09. The molecule has 0 unspecified atom stereocenters. The molecule has 4 heteroatoms. The van der Waals surface area contributed by atoms with Gasteiger partial charge in [-0.25, -0.2) is 0 Å². The van der Waals surface area contributed by atoms with Gasteiger partial charge in [0, 0.05) is 11.3 Å². The van der Waals surface area contributed by atoms with E-state index in [1.807, 2.05) is 0 Å². The topological polar surface area (TPSA) is 77.8 Å². The summed E-state index contributed by atoms with van der Waals surface area (Å²) in [6.45, 7) is 9.95. The van der Waals surface area contributed by atoms with Crippen LogP contribution in [0.15, 0.2) is 0 Å². The van der Waals surface area contributed by atoms with Crippen LogP contribution in [0.5, 0.6) is 0 Å². The second kappa shape index (κ2) is 4.34. The van der Waals surface area contributed by atoms with Gasteiger partial charge in [0.1, 0.15) is 0 Å². The fraction of sp³-hybridized carbons (Fsp3) is 0.917. The van der Waals surface area contributed by atoms with E-state index in [1.54, 1.807) is 41.5 Å². The molecule has 0 amide bonds. The molecule has 0 atom stereocenters. The van der Waals surface area contributed by atoms with Gasteiger partial charge in [-0.2, -0.15) is 0 Å². The van der Waals surface area contributed by atoms with E-state index < -0.39 is 22.6 Å². The van der Waals surface area contributed by atoms with Crippen molar-refractivity contribution < 1.29 is 20.1 Å². The van der Waals surface area contributed by atoms with Crippen LogP contribution in [0.2, 0.25) is 0 Å². The maximum Gasteiger partial charge on any atom is 0.309 e. The van der Waals surface area contributed by atoms with Gasteiger partial charge in [-0.15, -0.1) is 0 Å². The first kappa shape index (κ1) is 15.4. The van der Waals surface area contributed by atoms with E-state index in [1.165, 1.54) is 0 Å². The van der Waals surface area contributed by atoms with Crippen molar-refractivity contribution in [2.24, 2.45) is 16.7 Å². The van der Waals surface area contributed by atoms with Crippen LogP contribution in [0.25, 0.3) is 0 Å². The van der Waals surface area contributed by atoms with Crippen molar-refractivity contribution in [3.63, 3.8) is 0 Å². The lowest BCUT2D eigenvalue weighted by molar-refractivity contribution is -0.267. The first-order valence-electron chi connectivity index (χ1n) is 5.53. The summed E-state index contributed by atoms with van der Waals surface area (Å²) < 4.78 is 0. The molecule has 0 aromatic rings. The van der Waals surface area contributed by atoms with E-state index >= 15 is 0 Å². The van der Waals surface area contributed by atoms with Gasteiger partial charge in [-0.1, -0.05) is 27.7 Å². The summed E-state index contributed by atoms with van der Waals surface area (Å²) in [5, 5.41) is 29.1. The van der Waals surface area contributed by atoms with E-state index in [2.05, 4.69) is 0 Å². The Labute approximate surface area is 97.3 Å². The molecule has 0 spiro atoms. The van der Waals surface area contributed by atoms with Gasteiger partial charge >= 0.3 is 5.97 Å². The molecule has 3 N–H and O–H groups in total. The van der Waals surface area contributed by atoms with E-state index in [-0.39, 0.29) is 12.3 Å². The third kappa shape index (κ3) is 2.95. The summed E-state index contributed by atoms with van der Waals surface area (Å²) in [7, 11) is 0. The lowest BCUT2D eigenvalue weighted by Gasteiger charge is -2.44. The number of carbonyl (C=O) groups is 1. The van der Waals surface area contributed by atoms with Crippen molar-refractivity contribution in [1.29, 1.82) is 0 Å². The van der Waals surface area contributed by atoms with Crippen LogP contribution in [-0.4, -0.2) is 27.1 Å². The summed E-state index contributed by atoms with van der Waals surface area (Å²) in [5.74, 6) is -3.16. The van der Waals surface area contributed by atoms with Crippen LogP contribution in [0.3, 0.4) is 0 Å². The highest BCUT2D eigenvalue weighted by molar-refractivity contribution is 5.73. The Morgan fingerprint density at radius 2 is 1.50 bits per heavy atom. The van der Waals surface area contributed by atoms with Crippen molar-refractivity contribution in [2.75, 3.05) is 0 Å². The molecule has 0 saturated heterocycles. The Hall–Kier alpha value is -0.610. The van der Waals surface area contributed by atoms with Gasteiger partial charge in [0.2, 0.25) is 0 Å². The van der Waals surface area contributed by atoms with Gasteiger partial charge in [0.05, 0.1) is 5.41 Å². The molecule has 0 aromatic carbocycles. The quantitative estimate of drug-likeness (QED) is 0.632. The van der Waals surface area contributed by atoms with Crippen molar-refractivity contribution in [1.82, 2.24) is 0 Å². The second-order valence-corrected chi connectivity index (χ2v) is 6.13. The number of hydrogen-bond acceptors (Lipinski definition) is 3. The number of aliphatic carboxylic acids is 1. The number of rotatable bonds is 5. The minimum Gasteiger partial charge on any atom is -0.481 e. The largest absolute Gasteiger partial charge is 0.481 e. The Balaban J connectivity index is 5.03. The molecule has 0 fully saturated rings. The molecule has 0 heterocycles. The molecule has 16 heavy (non-hydrogen) atoms. The monoisotopic (exact) mass is 232 g/mol. The predicted octanol–water partition coefficient (Wildman–Crippen LogP) is 1.85. The van der Waals surface area contributed by atoms with Crippen molar-refractivity contribution in [3.8, 4) is 0 Å². The first-order chi connectivity index (χ1) is 6.84. The van der Waals surface area contributed by atoms with E-state index in [0.717, 1.165) is 0 Å². The lowest BCUT2D eigenvalue weighted by atomic mass is 9.67. The molecule has 96 valence electrons. The summed E-state index contributed by atoms with van der Waals surface area (Å²) in [4.78, 5) is 11.0. The number of carboxylic acids is 1. The van der Waals surface area contributed by atoms with Crippen molar-refractivity contribution >= 4 is 5.97 Å². The normalized spacial score (nSPS) is 14.3. The van der Waals surface area contributed by atoms with Gasteiger partial charge < -0.3 is 15.3 Å². The molecule has 0 rings (SSSR count). The highest BCUT2D eigenvalue weighted by Crippen LogP contribution is 2.43. The van der Waals surface area contributed by atoms with Crippen molar-refractivity contribution in [2.45, 2.75) is 53.8 Å². The van der Waals surface area contributed by atoms with Crippen LogP contribution in [-0.2, 0) is 4.79 Å². The van der Waals surface area contributed by atoms with Crippen LogP contribution in [0.1, 0.15) is 48.0 Å². The predicted molar refractivity (Wildman–Crippen MR) is 61.8 cm³/mol. The zero-order valence-corrected chi connectivity index (χ0v) is 11.0. The SMILES string of the molecule is CC(C)C(O)(O)C(C)(C)CC(C)(C)C(=O)O. The van der Waals surface area contributed by atoms with E-state index in [0.29, 0.717) is 0 Å². The molecule has 0 radical (unpaired) electrons.